The molecule has 1 fully saturated rings. The third-order valence-corrected chi connectivity index (χ3v) is 4.03. The summed E-state index contributed by atoms with van der Waals surface area (Å²) in [6, 6.07) is 0. The van der Waals surface area contributed by atoms with Crippen molar-refractivity contribution in [3.8, 4) is 0 Å². The van der Waals surface area contributed by atoms with Crippen molar-refractivity contribution in [3.05, 3.63) is 0 Å². The van der Waals surface area contributed by atoms with E-state index in [1.54, 1.807) is 0 Å². The fourth-order valence-corrected chi connectivity index (χ4v) is 2.20. The van der Waals surface area contributed by atoms with E-state index in [1.165, 1.54) is 0 Å². The molecule has 0 aliphatic carbocycles. The Hall–Kier alpha value is -1.18. The minimum atomic E-state index is -1.05. The second-order valence-corrected chi connectivity index (χ2v) is 8.81. The number of hydrogen-bond donors (Lipinski definition) is 4. The summed E-state index contributed by atoms with van der Waals surface area (Å²) >= 11 is 0. The van der Waals surface area contributed by atoms with Gasteiger partial charge in [-0.1, -0.05) is 41.5 Å². The van der Waals surface area contributed by atoms with Gasteiger partial charge in [0.1, 0.15) is 6.10 Å². The molecule has 25 heavy (non-hydrogen) atoms. The molecule has 0 bridgehead atoms. The van der Waals surface area contributed by atoms with Crippen LogP contribution in [0.4, 0.5) is 0 Å². The van der Waals surface area contributed by atoms with Crippen LogP contribution in [0.2, 0.25) is 0 Å². The predicted octanol–water partition coefficient (Wildman–Crippen LogP) is 1.72. The molecule has 0 radical (unpaired) electrons. The molecule has 0 saturated carbocycles. The fourth-order valence-electron chi connectivity index (χ4n) is 2.20. The molecule has 1 heterocycles. The average molecular weight is 362 g/mol. The minimum absolute atomic E-state index is 0.0724. The predicted molar refractivity (Wildman–Crippen MR) is 92.9 cm³/mol. The van der Waals surface area contributed by atoms with Crippen LogP contribution in [0.1, 0.15) is 67.2 Å². The van der Waals surface area contributed by atoms with E-state index in [2.05, 4.69) is 0 Å². The Morgan fingerprint density at radius 1 is 1.20 bits per heavy atom. The summed E-state index contributed by atoms with van der Waals surface area (Å²) in [5.74, 6) is -1.33. The molecule has 1 rings (SSSR count). The monoisotopic (exact) mass is 362 g/mol. The molecule has 148 valence electrons. The molecule has 4 atom stereocenters. The van der Waals surface area contributed by atoms with E-state index in [4.69, 9.17) is 9.84 Å². The molecular weight excluding hydrogens is 328 g/mol. The van der Waals surface area contributed by atoms with Crippen LogP contribution in [0.15, 0.2) is 0 Å². The van der Waals surface area contributed by atoms with Gasteiger partial charge in [0.25, 0.3) is 0 Å². The molecule has 0 spiro atoms. The number of cyclic esters (lactones) is 1. The van der Waals surface area contributed by atoms with Crippen molar-refractivity contribution < 1.29 is 34.8 Å². The molecule has 7 heteroatoms. The van der Waals surface area contributed by atoms with Gasteiger partial charge in [0.2, 0.25) is 0 Å². The van der Waals surface area contributed by atoms with Crippen LogP contribution < -0.4 is 0 Å². The van der Waals surface area contributed by atoms with Gasteiger partial charge in [-0.05, 0) is 10.8 Å². The Bertz CT molecular complexity index is 434. The normalized spacial score (nSPS) is 23.8. The summed E-state index contributed by atoms with van der Waals surface area (Å²) in [7, 11) is 0. The smallest absolute Gasteiger partial charge is 0.308 e. The second kappa shape index (κ2) is 9.50. The largest absolute Gasteiger partial charge is 0.481 e. The number of carbonyl (C=O) groups excluding carboxylic acids is 1. The van der Waals surface area contributed by atoms with Crippen molar-refractivity contribution >= 4 is 11.9 Å². The summed E-state index contributed by atoms with van der Waals surface area (Å²) < 4.78 is 5.12. The van der Waals surface area contributed by atoms with Gasteiger partial charge in [0.15, 0.2) is 0 Å². The number of aliphatic hydroxyl groups excluding tert-OH is 3. The molecule has 0 aromatic heterocycles. The second-order valence-electron chi connectivity index (χ2n) is 8.81. The first kappa shape index (κ1) is 23.8. The van der Waals surface area contributed by atoms with Crippen LogP contribution in [-0.2, 0) is 14.3 Å². The van der Waals surface area contributed by atoms with Crippen molar-refractivity contribution in [2.45, 2.75) is 91.6 Å². The van der Waals surface area contributed by atoms with Crippen molar-refractivity contribution in [1.29, 1.82) is 0 Å². The van der Waals surface area contributed by atoms with Crippen LogP contribution in [0.25, 0.3) is 0 Å². The SMILES string of the molecule is CC(C)(C)[C@@H](O)C[C@@H](O)CC(=O)O.CC(C)(C)[C@@H]1C[C@@H](O)CC(=O)O1. The Balaban J connectivity index is 0.000000462. The molecule has 1 aliphatic rings. The zero-order valence-corrected chi connectivity index (χ0v) is 16.2. The topological polar surface area (TPSA) is 124 Å². The first-order valence-corrected chi connectivity index (χ1v) is 8.58. The third kappa shape index (κ3) is 10.4. The van der Waals surface area contributed by atoms with Gasteiger partial charge in [-0.2, -0.15) is 0 Å². The molecule has 0 amide bonds. The molecule has 0 aromatic rings. The van der Waals surface area contributed by atoms with Gasteiger partial charge >= 0.3 is 11.9 Å². The van der Waals surface area contributed by atoms with E-state index in [1.807, 2.05) is 41.5 Å². The molecular formula is C18H34O7. The van der Waals surface area contributed by atoms with E-state index in [9.17, 15) is 24.9 Å². The number of rotatable bonds is 4. The van der Waals surface area contributed by atoms with E-state index in [0.717, 1.165) is 0 Å². The summed E-state index contributed by atoms with van der Waals surface area (Å²) in [5.41, 5.74) is -0.392. The van der Waals surface area contributed by atoms with Gasteiger partial charge in [-0.3, -0.25) is 9.59 Å². The number of esters is 1. The molecule has 4 N–H and O–H groups in total. The van der Waals surface area contributed by atoms with E-state index >= 15 is 0 Å². The summed E-state index contributed by atoms with van der Waals surface area (Å²) in [5, 5.41) is 36.4. The Kier molecular flexibility index (Phi) is 9.05. The average Bonchev–Trinajstić information content (AvgIpc) is 2.34. The molecule has 1 aliphatic heterocycles. The van der Waals surface area contributed by atoms with Gasteiger partial charge in [-0.15, -0.1) is 0 Å². The lowest BCUT2D eigenvalue weighted by Gasteiger charge is -2.35. The summed E-state index contributed by atoms with van der Waals surface area (Å²) in [6.07, 6.45) is -1.80. The summed E-state index contributed by atoms with van der Waals surface area (Å²) in [6.45, 7) is 11.5. The zero-order chi connectivity index (χ0) is 20.0. The number of aliphatic carboxylic acids is 1. The maximum absolute atomic E-state index is 10.9. The van der Waals surface area contributed by atoms with Crippen LogP contribution >= 0.6 is 0 Å². The third-order valence-electron chi connectivity index (χ3n) is 4.03. The van der Waals surface area contributed by atoms with Crippen LogP contribution in [0.3, 0.4) is 0 Å². The lowest BCUT2D eigenvalue weighted by Crippen LogP contribution is -2.40. The van der Waals surface area contributed by atoms with Gasteiger partial charge < -0.3 is 25.2 Å². The van der Waals surface area contributed by atoms with Gasteiger partial charge in [0.05, 0.1) is 31.2 Å². The number of carboxylic acid groups (broad SMARTS) is 1. The number of ether oxygens (including phenoxy) is 1. The van der Waals surface area contributed by atoms with Crippen LogP contribution in [-0.4, -0.2) is 56.8 Å². The zero-order valence-electron chi connectivity index (χ0n) is 16.2. The fraction of sp³-hybridized carbons (Fsp3) is 0.889. The molecule has 0 aromatic carbocycles. The van der Waals surface area contributed by atoms with Gasteiger partial charge in [-0.25, -0.2) is 0 Å². The Labute approximate surface area is 150 Å². The van der Waals surface area contributed by atoms with Crippen molar-refractivity contribution in [1.82, 2.24) is 0 Å². The van der Waals surface area contributed by atoms with Crippen LogP contribution in [0.5, 0.6) is 0 Å². The Morgan fingerprint density at radius 3 is 2.08 bits per heavy atom. The lowest BCUT2D eigenvalue weighted by atomic mass is 9.84. The Morgan fingerprint density at radius 2 is 1.72 bits per heavy atom. The lowest BCUT2D eigenvalue weighted by molar-refractivity contribution is -0.168. The molecule has 0 unspecified atom stereocenters. The number of aliphatic hydroxyl groups is 3. The standard InChI is InChI=1S/C9H18O4.C9H16O3/c1-9(2,3)7(11)4-6(10)5-8(12)13;1-9(2,3)7-4-6(10)5-8(11)12-7/h6-7,10-11H,4-5H2,1-3H3,(H,12,13);6-7,10H,4-5H2,1-3H3/t2*6-,7+/m11/s1. The quantitative estimate of drug-likeness (QED) is 0.561. The van der Waals surface area contributed by atoms with Crippen LogP contribution in [0, 0.1) is 10.8 Å². The van der Waals surface area contributed by atoms with E-state index in [0.29, 0.717) is 6.42 Å². The minimum Gasteiger partial charge on any atom is -0.481 e. The first-order valence-electron chi connectivity index (χ1n) is 8.58. The highest BCUT2D eigenvalue weighted by Gasteiger charge is 2.35. The van der Waals surface area contributed by atoms with Crippen molar-refractivity contribution in [2.24, 2.45) is 10.8 Å². The van der Waals surface area contributed by atoms with E-state index in [-0.39, 0.29) is 42.2 Å². The summed E-state index contributed by atoms with van der Waals surface area (Å²) in [4.78, 5) is 21.1. The van der Waals surface area contributed by atoms with Gasteiger partial charge in [0, 0.05) is 12.8 Å². The number of hydrogen-bond acceptors (Lipinski definition) is 6. The number of carboxylic acids is 1. The highest BCUT2D eigenvalue weighted by molar-refractivity contribution is 5.71. The maximum Gasteiger partial charge on any atom is 0.308 e. The highest BCUT2D eigenvalue weighted by Crippen LogP contribution is 2.30. The maximum atomic E-state index is 10.9. The van der Waals surface area contributed by atoms with Crippen molar-refractivity contribution in [3.63, 3.8) is 0 Å². The van der Waals surface area contributed by atoms with E-state index < -0.39 is 24.3 Å². The van der Waals surface area contributed by atoms with Crippen molar-refractivity contribution in [2.75, 3.05) is 0 Å². The highest BCUT2D eigenvalue weighted by atomic mass is 16.5. The number of carbonyl (C=O) groups is 2. The molecule has 7 nitrogen and oxygen atoms in total. The molecule has 1 saturated heterocycles. The first-order chi connectivity index (χ1) is 11.1.